The van der Waals surface area contributed by atoms with Gasteiger partial charge in [-0.1, -0.05) is 17.7 Å². The van der Waals surface area contributed by atoms with Gasteiger partial charge >= 0.3 is 5.97 Å². The van der Waals surface area contributed by atoms with Crippen molar-refractivity contribution in [3.63, 3.8) is 0 Å². The molecule has 176 valence electrons. The zero-order valence-electron chi connectivity index (χ0n) is 18.9. The fourth-order valence-corrected chi connectivity index (χ4v) is 6.33. The zero-order chi connectivity index (χ0) is 24.1. The van der Waals surface area contributed by atoms with Gasteiger partial charge in [0.2, 0.25) is 10.0 Å². The molecule has 5 rings (SSSR count). The van der Waals surface area contributed by atoms with Crippen molar-refractivity contribution in [2.45, 2.75) is 24.7 Å². The molecule has 0 amide bonds. The number of aromatic nitrogens is 2. The van der Waals surface area contributed by atoms with Crippen molar-refractivity contribution in [2.75, 3.05) is 20.2 Å². The summed E-state index contributed by atoms with van der Waals surface area (Å²) in [7, 11) is -2.47. The van der Waals surface area contributed by atoms with Crippen LogP contribution in [0, 0.1) is 18.2 Å². The number of halogens is 1. The molecule has 0 saturated carbocycles. The first-order chi connectivity index (χ1) is 16.2. The molecule has 34 heavy (non-hydrogen) atoms. The Morgan fingerprint density at radius 1 is 1.12 bits per heavy atom. The maximum atomic E-state index is 13.4. The van der Waals surface area contributed by atoms with Gasteiger partial charge in [0.05, 0.1) is 29.6 Å². The smallest absolute Gasteiger partial charge is 0.317 e. The first kappa shape index (κ1) is 22.5. The fourth-order valence-electron chi connectivity index (χ4n) is 4.83. The third-order valence-corrected chi connectivity index (χ3v) is 8.55. The second kappa shape index (κ2) is 8.18. The van der Waals surface area contributed by atoms with Crippen molar-refractivity contribution in [3.8, 4) is 5.69 Å². The molecule has 2 aromatic carbocycles. The number of hydrogen-bond donors (Lipinski definition) is 0. The summed E-state index contributed by atoms with van der Waals surface area (Å²) >= 11 is 0. The molecule has 1 aliphatic heterocycles. The quantitative estimate of drug-likeness (QED) is 0.533. The Kier molecular flexibility index (Phi) is 5.41. The van der Waals surface area contributed by atoms with E-state index in [0.29, 0.717) is 12.1 Å². The lowest BCUT2D eigenvalue weighted by Gasteiger charge is -2.43. The van der Waals surface area contributed by atoms with E-state index in [4.69, 9.17) is 4.74 Å². The average Bonchev–Trinajstić information content (AvgIpc) is 3.24. The summed E-state index contributed by atoms with van der Waals surface area (Å²) in [4.78, 5) is 13.3. The van der Waals surface area contributed by atoms with Crippen LogP contribution < -0.4 is 0 Å². The van der Waals surface area contributed by atoms with Gasteiger partial charge in [0.25, 0.3) is 0 Å². The van der Waals surface area contributed by atoms with Crippen LogP contribution in [0.5, 0.6) is 0 Å². The minimum atomic E-state index is -3.79. The van der Waals surface area contributed by atoms with E-state index in [1.54, 1.807) is 47.3 Å². The number of ether oxygens (including phenoxy) is 1. The van der Waals surface area contributed by atoms with Crippen LogP contribution in [-0.4, -0.2) is 48.7 Å². The molecule has 1 atom stereocenters. The zero-order valence-corrected chi connectivity index (χ0v) is 19.7. The largest absolute Gasteiger partial charge is 0.468 e. The SMILES string of the molecule is COC(=O)C12Cc3cnn(-c4ccc(F)cc4)c3C=C1CCN(S(=O)(=O)c1ccc(C)cc1)C2. The molecule has 7 nitrogen and oxygen atoms in total. The lowest BCUT2D eigenvalue weighted by Crippen LogP contribution is -2.53. The van der Waals surface area contributed by atoms with Crippen LogP contribution in [0.15, 0.2) is 65.2 Å². The van der Waals surface area contributed by atoms with E-state index in [2.05, 4.69) is 5.10 Å². The van der Waals surface area contributed by atoms with Gasteiger partial charge in [-0.05, 0) is 73.4 Å². The van der Waals surface area contributed by atoms with Gasteiger partial charge in [-0.3, -0.25) is 4.79 Å². The van der Waals surface area contributed by atoms with Gasteiger partial charge in [-0.25, -0.2) is 17.5 Å². The van der Waals surface area contributed by atoms with Gasteiger partial charge in [0.15, 0.2) is 0 Å². The molecule has 3 aromatic rings. The second-order valence-corrected chi connectivity index (χ2v) is 10.7. The second-order valence-electron chi connectivity index (χ2n) is 8.76. The van der Waals surface area contributed by atoms with Crippen molar-refractivity contribution >= 4 is 22.1 Å². The Bertz CT molecular complexity index is 1390. The lowest BCUT2D eigenvalue weighted by atomic mass is 9.69. The maximum absolute atomic E-state index is 13.4. The number of aryl methyl sites for hydroxylation is 1. The summed E-state index contributed by atoms with van der Waals surface area (Å²) in [5.74, 6) is -0.808. The number of methoxy groups -OCH3 is 1. The van der Waals surface area contributed by atoms with Gasteiger partial charge in [-0.15, -0.1) is 0 Å². The number of piperidine rings is 1. The van der Waals surface area contributed by atoms with E-state index in [-0.39, 0.29) is 30.2 Å². The molecule has 1 unspecified atom stereocenters. The normalized spacial score (nSPS) is 20.3. The fraction of sp³-hybridized carbons (Fsp3) is 0.280. The third-order valence-electron chi connectivity index (χ3n) is 6.69. The molecular formula is C25H24FN3O4S. The van der Waals surface area contributed by atoms with Crippen LogP contribution in [0.3, 0.4) is 0 Å². The standard InChI is InChI=1S/C25H24FN3O4S/c1-17-3-9-22(10-4-17)34(31,32)28-12-11-19-13-23-18(14-25(19,16-28)24(30)33-2)15-27-29(23)21-7-5-20(26)6-8-21/h3-10,13,15H,11-12,14,16H2,1-2H3. The van der Waals surface area contributed by atoms with Gasteiger partial charge < -0.3 is 4.74 Å². The number of carbonyl (C=O) groups excluding carboxylic acids is 1. The first-order valence-electron chi connectivity index (χ1n) is 10.9. The number of nitrogens with zero attached hydrogens (tertiary/aromatic N) is 3. The van der Waals surface area contributed by atoms with E-state index in [1.807, 2.05) is 13.0 Å². The van der Waals surface area contributed by atoms with Crippen molar-refractivity contribution in [1.82, 2.24) is 14.1 Å². The average molecular weight is 482 g/mol. The summed E-state index contributed by atoms with van der Waals surface area (Å²) in [6.07, 6.45) is 4.22. The number of rotatable bonds is 4. The van der Waals surface area contributed by atoms with Crippen LogP contribution >= 0.6 is 0 Å². The summed E-state index contributed by atoms with van der Waals surface area (Å²) in [5, 5.41) is 4.46. The molecule has 0 bridgehead atoms. The molecule has 2 aliphatic rings. The van der Waals surface area contributed by atoms with Crippen LogP contribution in [0.1, 0.15) is 23.2 Å². The van der Waals surface area contributed by atoms with Crippen LogP contribution in [0.2, 0.25) is 0 Å². The van der Waals surface area contributed by atoms with Crippen LogP contribution in [-0.2, 0) is 26.0 Å². The van der Waals surface area contributed by atoms with Crippen molar-refractivity contribution in [1.29, 1.82) is 0 Å². The Morgan fingerprint density at radius 2 is 1.82 bits per heavy atom. The predicted molar refractivity (Wildman–Crippen MR) is 124 cm³/mol. The Balaban J connectivity index is 1.54. The number of benzene rings is 2. The maximum Gasteiger partial charge on any atom is 0.317 e. The Morgan fingerprint density at radius 3 is 2.50 bits per heavy atom. The van der Waals surface area contributed by atoms with E-state index < -0.39 is 21.4 Å². The van der Waals surface area contributed by atoms with Crippen LogP contribution in [0.4, 0.5) is 4.39 Å². The number of hydrogen-bond acceptors (Lipinski definition) is 5. The van der Waals surface area contributed by atoms with E-state index in [9.17, 15) is 17.6 Å². The molecule has 0 spiro atoms. The summed E-state index contributed by atoms with van der Waals surface area (Å²) < 4.78 is 48.5. The van der Waals surface area contributed by atoms with Gasteiger partial charge in [0, 0.05) is 13.1 Å². The highest BCUT2D eigenvalue weighted by atomic mass is 32.2. The highest BCUT2D eigenvalue weighted by Gasteiger charge is 2.51. The molecular weight excluding hydrogens is 457 g/mol. The molecule has 1 saturated heterocycles. The Labute approximate surface area is 197 Å². The molecule has 1 fully saturated rings. The summed E-state index contributed by atoms with van der Waals surface area (Å²) in [6, 6.07) is 12.7. The van der Waals surface area contributed by atoms with Gasteiger partial charge in [0.1, 0.15) is 11.2 Å². The minimum Gasteiger partial charge on any atom is -0.468 e. The van der Waals surface area contributed by atoms with Crippen molar-refractivity contribution < 1.29 is 22.3 Å². The van der Waals surface area contributed by atoms with Crippen LogP contribution in [0.25, 0.3) is 11.8 Å². The number of esters is 1. The molecule has 1 aromatic heterocycles. The lowest BCUT2D eigenvalue weighted by molar-refractivity contribution is -0.151. The first-order valence-corrected chi connectivity index (χ1v) is 12.4. The number of sulfonamides is 1. The Hall–Kier alpha value is -3.30. The molecule has 9 heteroatoms. The highest BCUT2D eigenvalue weighted by Crippen LogP contribution is 2.46. The predicted octanol–water partition coefficient (Wildman–Crippen LogP) is 3.51. The molecule has 2 heterocycles. The molecule has 0 N–H and O–H groups in total. The topological polar surface area (TPSA) is 81.5 Å². The third kappa shape index (κ3) is 3.56. The van der Waals surface area contributed by atoms with E-state index in [1.165, 1.54) is 23.5 Å². The van der Waals surface area contributed by atoms with Crippen molar-refractivity contribution in [3.05, 3.63) is 82.9 Å². The van der Waals surface area contributed by atoms with Gasteiger partial charge in [-0.2, -0.15) is 9.40 Å². The molecule has 0 radical (unpaired) electrons. The molecule has 1 aliphatic carbocycles. The minimum absolute atomic E-state index is 0.0110. The van der Waals surface area contributed by atoms with E-state index in [0.717, 1.165) is 22.4 Å². The van der Waals surface area contributed by atoms with E-state index >= 15 is 0 Å². The summed E-state index contributed by atoms with van der Waals surface area (Å²) in [5.41, 5.74) is 2.94. The summed E-state index contributed by atoms with van der Waals surface area (Å²) in [6.45, 7) is 2.13. The highest BCUT2D eigenvalue weighted by molar-refractivity contribution is 7.89. The number of fused-ring (bicyclic) bond motifs is 2. The monoisotopic (exact) mass is 481 g/mol. The number of carbonyl (C=O) groups is 1. The van der Waals surface area contributed by atoms with Crippen molar-refractivity contribution in [2.24, 2.45) is 5.41 Å².